The van der Waals surface area contributed by atoms with Crippen molar-refractivity contribution in [2.75, 3.05) is 11.5 Å². The Morgan fingerprint density at radius 3 is 2.73 bits per heavy atom. The minimum absolute atomic E-state index is 0.640. The van der Waals surface area contributed by atoms with Crippen LogP contribution in [0.2, 0.25) is 0 Å². The van der Waals surface area contributed by atoms with Crippen molar-refractivity contribution in [3.63, 3.8) is 0 Å². The summed E-state index contributed by atoms with van der Waals surface area (Å²) in [7, 11) is 0. The molecule has 0 spiro atoms. The Bertz CT molecular complexity index is 374. The van der Waals surface area contributed by atoms with Gasteiger partial charge in [0.2, 0.25) is 0 Å². The molecule has 2 heterocycles. The molecule has 0 aromatic carbocycles. The molecule has 1 aromatic heterocycles. The molecule has 1 N–H and O–H groups in total. The van der Waals surface area contributed by atoms with Gasteiger partial charge in [-0.1, -0.05) is 0 Å². The zero-order valence-corrected chi connectivity index (χ0v) is 10.4. The van der Waals surface area contributed by atoms with Crippen molar-refractivity contribution in [3.8, 4) is 0 Å². The number of aliphatic carboxylic acids is 1. The van der Waals surface area contributed by atoms with Crippen molar-refractivity contribution >= 4 is 33.7 Å². The number of carboxylic acids is 1. The molecule has 0 aliphatic carbocycles. The Hall–Kier alpha value is -0.490. The first-order valence-corrected chi connectivity index (χ1v) is 6.62. The smallest absolute Gasteiger partial charge is 0.331 e. The highest BCUT2D eigenvalue weighted by Crippen LogP contribution is 2.34. The number of hydrogen-bond donors (Lipinski definition) is 1. The lowest BCUT2D eigenvalue weighted by Gasteiger charge is -2.32. The van der Waals surface area contributed by atoms with Crippen LogP contribution in [-0.4, -0.2) is 32.4 Å². The number of carbonyl (C=O) groups is 1. The largest absolute Gasteiger partial charge is 0.479 e. The van der Waals surface area contributed by atoms with Gasteiger partial charge in [-0.25, -0.2) is 4.79 Å². The van der Waals surface area contributed by atoms with Crippen LogP contribution >= 0.6 is 27.7 Å². The molecule has 1 aromatic rings. The molecule has 1 fully saturated rings. The highest BCUT2D eigenvalue weighted by atomic mass is 79.9. The van der Waals surface area contributed by atoms with Gasteiger partial charge in [-0.2, -0.15) is 16.9 Å². The summed E-state index contributed by atoms with van der Waals surface area (Å²) in [6, 6.07) is 0. The van der Waals surface area contributed by atoms with Crippen molar-refractivity contribution in [1.29, 1.82) is 0 Å². The lowest BCUT2D eigenvalue weighted by Crippen LogP contribution is -2.45. The van der Waals surface area contributed by atoms with Crippen LogP contribution in [0.25, 0.3) is 0 Å². The Balaban J connectivity index is 2.37. The van der Waals surface area contributed by atoms with E-state index in [1.165, 1.54) is 0 Å². The fraction of sp³-hybridized carbons (Fsp3) is 0.556. The quantitative estimate of drug-likeness (QED) is 0.905. The SMILES string of the molecule is O=C(O)C1(n2cc(Br)cn2)CCSCC1. The van der Waals surface area contributed by atoms with Crippen LogP contribution in [0.5, 0.6) is 0 Å². The second-order valence-electron chi connectivity index (χ2n) is 3.55. The Labute approximate surface area is 100 Å². The molecule has 0 unspecified atom stereocenters. The highest BCUT2D eigenvalue weighted by molar-refractivity contribution is 9.10. The molecule has 82 valence electrons. The Morgan fingerprint density at radius 1 is 1.60 bits per heavy atom. The summed E-state index contributed by atoms with van der Waals surface area (Å²) >= 11 is 5.09. The maximum Gasteiger partial charge on any atom is 0.331 e. The van der Waals surface area contributed by atoms with Crippen LogP contribution in [-0.2, 0) is 10.3 Å². The standard InChI is InChI=1S/C9H11BrN2O2S/c10-7-5-11-12(6-7)9(8(13)14)1-3-15-4-2-9/h5-6H,1-4H2,(H,13,14). The maximum absolute atomic E-state index is 11.4. The first kappa shape index (κ1) is 11.0. The molecule has 2 rings (SSSR count). The average molecular weight is 291 g/mol. The molecular weight excluding hydrogens is 280 g/mol. The van der Waals surface area contributed by atoms with Gasteiger partial charge in [-0.15, -0.1) is 0 Å². The number of carboxylic acid groups (broad SMARTS) is 1. The molecule has 0 atom stereocenters. The predicted molar refractivity (Wildman–Crippen MR) is 62.1 cm³/mol. The van der Waals surface area contributed by atoms with Gasteiger partial charge in [0.15, 0.2) is 5.54 Å². The number of aromatic nitrogens is 2. The summed E-state index contributed by atoms with van der Waals surface area (Å²) in [5, 5.41) is 13.5. The van der Waals surface area contributed by atoms with Gasteiger partial charge in [-0.3, -0.25) is 4.68 Å². The lowest BCUT2D eigenvalue weighted by molar-refractivity contribution is -0.148. The van der Waals surface area contributed by atoms with Crippen molar-refractivity contribution < 1.29 is 9.90 Å². The normalized spacial score (nSPS) is 20.1. The number of thioether (sulfide) groups is 1. The summed E-state index contributed by atoms with van der Waals surface area (Å²) in [4.78, 5) is 11.4. The van der Waals surface area contributed by atoms with Crippen LogP contribution in [0.4, 0.5) is 0 Å². The summed E-state index contributed by atoms with van der Waals surface area (Å²) in [6.45, 7) is 0. The molecule has 0 bridgehead atoms. The van der Waals surface area contributed by atoms with Gasteiger partial charge in [0, 0.05) is 6.20 Å². The lowest BCUT2D eigenvalue weighted by atomic mass is 9.93. The first-order valence-electron chi connectivity index (χ1n) is 4.67. The summed E-state index contributed by atoms with van der Waals surface area (Å²) in [5.74, 6) is 0.978. The van der Waals surface area contributed by atoms with Gasteiger partial charge < -0.3 is 5.11 Å². The Kier molecular flexibility index (Phi) is 3.06. The van der Waals surface area contributed by atoms with Crippen molar-refractivity contribution in [3.05, 3.63) is 16.9 Å². The van der Waals surface area contributed by atoms with Crippen LogP contribution in [0.3, 0.4) is 0 Å². The van der Waals surface area contributed by atoms with E-state index in [4.69, 9.17) is 0 Å². The molecule has 4 nitrogen and oxygen atoms in total. The van der Waals surface area contributed by atoms with Gasteiger partial charge in [0.25, 0.3) is 0 Å². The summed E-state index contributed by atoms with van der Waals surface area (Å²) in [5.41, 5.74) is -0.836. The third-order valence-electron chi connectivity index (χ3n) is 2.71. The van der Waals surface area contributed by atoms with Crippen LogP contribution in [0.15, 0.2) is 16.9 Å². The molecular formula is C9H11BrN2O2S. The number of nitrogens with zero attached hydrogens (tertiary/aromatic N) is 2. The van der Waals surface area contributed by atoms with E-state index in [2.05, 4.69) is 21.0 Å². The molecule has 15 heavy (non-hydrogen) atoms. The van der Waals surface area contributed by atoms with E-state index in [-0.39, 0.29) is 0 Å². The number of halogens is 1. The zero-order valence-electron chi connectivity index (χ0n) is 8.02. The van der Waals surface area contributed by atoms with E-state index >= 15 is 0 Å². The van der Waals surface area contributed by atoms with Gasteiger partial charge in [0.1, 0.15) is 0 Å². The average Bonchev–Trinajstić information content (AvgIpc) is 2.66. The summed E-state index contributed by atoms with van der Waals surface area (Å²) in [6.07, 6.45) is 4.65. The van der Waals surface area contributed by atoms with Gasteiger partial charge >= 0.3 is 5.97 Å². The Morgan fingerprint density at radius 2 is 2.27 bits per heavy atom. The van der Waals surface area contributed by atoms with E-state index in [1.54, 1.807) is 28.8 Å². The van der Waals surface area contributed by atoms with Crippen LogP contribution in [0.1, 0.15) is 12.8 Å². The maximum atomic E-state index is 11.4. The van der Waals surface area contributed by atoms with Crippen molar-refractivity contribution in [2.45, 2.75) is 18.4 Å². The predicted octanol–water partition coefficient (Wildman–Crippen LogP) is 1.95. The zero-order chi connectivity index (χ0) is 10.9. The summed E-state index contributed by atoms with van der Waals surface area (Å²) < 4.78 is 2.40. The van der Waals surface area contributed by atoms with Gasteiger partial charge in [-0.05, 0) is 40.3 Å². The fourth-order valence-electron chi connectivity index (χ4n) is 1.78. The van der Waals surface area contributed by atoms with Gasteiger partial charge in [0.05, 0.1) is 10.7 Å². The molecule has 6 heteroatoms. The highest BCUT2D eigenvalue weighted by Gasteiger charge is 2.42. The first-order chi connectivity index (χ1) is 7.15. The minimum Gasteiger partial charge on any atom is -0.479 e. The van der Waals surface area contributed by atoms with Crippen LogP contribution < -0.4 is 0 Å². The van der Waals surface area contributed by atoms with E-state index in [0.717, 1.165) is 16.0 Å². The minimum atomic E-state index is -0.836. The van der Waals surface area contributed by atoms with Crippen molar-refractivity contribution in [2.24, 2.45) is 0 Å². The third-order valence-corrected chi connectivity index (χ3v) is 4.10. The molecule has 0 radical (unpaired) electrons. The molecule has 1 aliphatic heterocycles. The molecule has 0 amide bonds. The number of rotatable bonds is 2. The molecule has 1 saturated heterocycles. The second kappa shape index (κ2) is 4.17. The second-order valence-corrected chi connectivity index (χ2v) is 5.69. The monoisotopic (exact) mass is 290 g/mol. The van der Waals surface area contributed by atoms with E-state index in [9.17, 15) is 9.90 Å². The van der Waals surface area contributed by atoms with E-state index in [0.29, 0.717) is 12.8 Å². The third kappa shape index (κ3) is 1.92. The fourth-order valence-corrected chi connectivity index (χ4v) is 3.24. The van der Waals surface area contributed by atoms with Crippen molar-refractivity contribution in [1.82, 2.24) is 9.78 Å². The topological polar surface area (TPSA) is 55.1 Å². The number of hydrogen-bond acceptors (Lipinski definition) is 3. The molecule has 1 aliphatic rings. The van der Waals surface area contributed by atoms with E-state index < -0.39 is 11.5 Å². The molecule has 0 saturated carbocycles. The van der Waals surface area contributed by atoms with E-state index in [1.807, 2.05) is 0 Å². The van der Waals surface area contributed by atoms with Crippen LogP contribution in [0, 0.1) is 0 Å².